The summed E-state index contributed by atoms with van der Waals surface area (Å²) in [6.45, 7) is 9.32. The van der Waals surface area contributed by atoms with E-state index in [0.29, 0.717) is 0 Å². The van der Waals surface area contributed by atoms with Crippen LogP contribution in [0.15, 0.2) is 0 Å². The van der Waals surface area contributed by atoms with Crippen LogP contribution in [-0.4, -0.2) is 36.5 Å². The molecule has 2 N–H and O–H groups in total. The molecule has 0 saturated heterocycles. The van der Waals surface area contributed by atoms with Crippen LogP contribution < -0.4 is 5.32 Å². The van der Waals surface area contributed by atoms with Gasteiger partial charge in [-0.25, -0.2) is 0 Å². The van der Waals surface area contributed by atoms with Crippen LogP contribution in [0.2, 0.25) is 0 Å². The van der Waals surface area contributed by atoms with Crippen molar-refractivity contribution in [2.24, 2.45) is 0 Å². The Morgan fingerprint density at radius 1 is 1.23 bits per heavy atom. The molecule has 13 heavy (non-hydrogen) atoms. The summed E-state index contributed by atoms with van der Waals surface area (Å²) in [6, 6.07) is 0. The maximum absolute atomic E-state index is 9.43. The van der Waals surface area contributed by atoms with Gasteiger partial charge < -0.3 is 15.2 Å². The second-order valence-electron chi connectivity index (χ2n) is 4.70. The molecule has 3 nitrogen and oxygen atoms in total. The van der Waals surface area contributed by atoms with Crippen LogP contribution in [0, 0.1) is 0 Å². The highest BCUT2D eigenvalue weighted by Gasteiger charge is 2.16. The van der Waals surface area contributed by atoms with E-state index >= 15 is 0 Å². The molecule has 0 amide bonds. The Morgan fingerprint density at radius 3 is 2.15 bits per heavy atom. The van der Waals surface area contributed by atoms with E-state index in [0.717, 1.165) is 19.5 Å². The van der Waals surface area contributed by atoms with E-state index in [9.17, 15) is 5.11 Å². The van der Waals surface area contributed by atoms with E-state index in [1.807, 2.05) is 27.7 Å². The average molecular weight is 189 g/mol. The molecule has 0 aliphatic rings. The molecule has 0 aliphatic carbocycles. The van der Waals surface area contributed by atoms with Gasteiger partial charge in [-0.3, -0.25) is 0 Å². The fraction of sp³-hybridized carbons (Fsp3) is 1.00. The molecule has 0 rings (SSSR count). The van der Waals surface area contributed by atoms with Crippen molar-refractivity contribution in [1.82, 2.24) is 5.32 Å². The fourth-order valence-electron chi connectivity index (χ4n) is 0.856. The van der Waals surface area contributed by atoms with E-state index in [1.165, 1.54) is 0 Å². The van der Waals surface area contributed by atoms with Crippen molar-refractivity contribution in [3.63, 3.8) is 0 Å². The van der Waals surface area contributed by atoms with Crippen molar-refractivity contribution in [2.75, 3.05) is 20.2 Å². The van der Waals surface area contributed by atoms with Crippen LogP contribution in [0.5, 0.6) is 0 Å². The van der Waals surface area contributed by atoms with Crippen molar-refractivity contribution in [3.05, 3.63) is 0 Å². The lowest BCUT2D eigenvalue weighted by Crippen LogP contribution is -2.38. The standard InChI is InChI=1S/C10H23NO2/c1-9(2,12)6-7-11-8-10(3,4)13-5/h11-12H,6-8H2,1-5H3. The van der Waals surface area contributed by atoms with Gasteiger partial charge in [0.25, 0.3) is 0 Å². The van der Waals surface area contributed by atoms with Crippen molar-refractivity contribution in [3.8, 4) is 0 Å². The first-order valence-corrected chi connectivity index (χ1v) is 4.75. The first kappa shape index (κ1) is 12.9. The number of rotatable bonds is 6. The summed E-state index contributed by atoms with van der Waals surface area (Å²) in [4.78, 5) is 0. The Bertz CT molecular complexity index is 138. The van der Waals surface area contributed by atoms with Gasteiger partial charge in [-0.1, -0.05) is 0 Å². The molecule has 0 bridgehead atoms. The molecule has 0 atom stereocenters. The van der Waals surface area contributed by atoms with Crippen molar-refractivity contribution in [2.45, 2.75) is 45.3 Å². The molecule has 0 spiro atoms. The number of ether oxygens (including phenoxy) is 1. The largest absolute Gasteiger partial charge is 0.390 e. The van der Waals surface area contributed by atoms with E-state index in [2.05, 4.69) is 5.32 Å². The molecule has 0 aliphatic heterocycles. The van der Waals surface area contributed by atoms with Crippen LogP contribution >= 0.6 is 0 Å². The van der Waals surface area contributed by atoms with Crippen LogP contribution in [0.1, 0.15) is 34.1 Å². The predicted octanol–water partition coefficient (Wildman–Crippen LogP) is 1.16. The van der Waals surface area contributed by atoms with Gasteiger partial charge in [0.05, 0.1) is 11.2 Å². The number of nitrogens with one attached hydrogen (secondary N) is 1. The summed E-state index contributed by atoms with van der Waals surface area (Å²) in [5.74, 6) is 0. The van der Waals surface area contributed by atoms with E-state index in [4.69, 9.17) is 4.74 Å². The Kier molecular flexibility index (Phi) is 4.89. The summed E-state index contributed by atoms with van der Waals surface area (Å²) in [6.07, 6.45) is 0.757. The molecule has 0 aromatic carbocycles. The molecule has 80 valence electrons. The van der Waals surface area contributed by atoms with Crippen molar-refractivity contribution in [1.29, 1.82) is 0 Å². The number of aliphatic hydroxyl groups is 1. The van der Waals surface area contributed by atoms with Crippen molar-refractivity contribution >= 4 is 0 Å². The zero-order valence-electron chi connectivity index (χ0n) is 9.48. The van der Waals surface area contributed by atoms with Gasteiger partial charge in [0, 0.05) is 13.7 Å². The van der Waals surface area contributed by atoms with Gasteiger partial charge in [-0.2, -0.15) is 0 Å². The Hall–Kier alpha value is -0.120. The lowest BCUT2D eigenvalue weighted by Gasteiger charge is -2.24. The number of methoxy groups -OCH3 is 1. The average Bonchev–Trinajstić information content (AvgIpc) is 1.97. The Labute approximate surface area is 81.5 Å². The second-order valence-corrected chi connectivity index (χ2v) is 4.70. The number of hydrogen-bond acceptors (Lipinski definition) is 3. The first-order chi connectivity index (χ1) is 5.77. The molecular weight excluding hydrogens is 166 g/mol. The van der Waals surface area contributed by atoms with E-state index in [1.54, 1.807) is 7.11 Å². The monoisotopic (exact) mass is 189 g/mol. The zero-order valence-corrected chi connectivity index (χ0v) is 9.48. The van der Waals surface area contributed by atoms with Crippen LogP contribution in [0.4, 0.5) is 0 Å². The zero-order chi connectivity index (χ0) is 10.5. The lowest BCUT2D eigenvalue weighted by atomic mass is 10.1. The van der Waals surface area contributed by atoms with Crippen LogP contribution in [0.3, 0.4) is 0 Å². The highest BCUT2D eigenvalue weighted by molar-refractivity contribution is 4.73. The summed E-state index contributed by atoms with van der Waals surface area (Å²) in [5, 5.41) is 12.7. The van der Waals surface area contributed by atoms with Gasteiger partial charge in [0.2, 0.25) is 0 Å². The third-order valence-electron chi connectivity index (χ3n) is 2.02. The predicted molar refractivity (Wildman–Crippen MR) is 54.9 cm³/mol. The topological polar surface area (TPSA) is 41.5 Å². The van der Waals surface area contributed by atoms with Gasteiger partial charge in [-0.05, 0) is 40.7 Å². The second kappa shape index (κ2) is 4.94. The van der Waals surface area contributed by atoms with Crippen LogP contribution in [-0.2, 0) is 4.74 Å². The quantitative estimate of drug-likeness (QED) is 0.616. The highest BCUT2D eigenvalue weighted by atomic mass is 16.5. The van der Waals surface area contributed by atoms with Crippen LogP contribution in [0.25, 0.3) is 0 Å². The molecule has 0 heterocycles. The molecule has 0 aromatic heterocycles. The first-order valence-electron chi connectivity index (χ1n) is 4.75. The van der Waals surface area contributed by atoms with Gasteiger partial charge in [-0.15, -0.1) is 0 Å². The minimum Gasteiger partial charge on any atom is -0.390 e. The fourth-order valence-corrected chi connectivity index (χ4v) is 0.856. The normalized spacial score (nSPS) is 13.4. The summed E-state index contributed by atoms with van der Waals surface area (Å²) >= 11 is 0. The molecular formula is C10H23NO2. The lowest BCUT2D eigenvalue weighted by molar-refractivity contribution is 0.0204. The third-order valence-corrected chi connectivity index (χ3v) is 2.02. The molecule has 0 saturated carbocycles. The molecule has 0 fully saturated rings. The Morgan fingerprint density at radius 2 is 1.77 bits per heavy atom. The molecule has 0 unspecified atom stereocenters. The minimum absolute atomic E-state index is 0.125. The summed E-state index contributed by atoms with van der Waals surface area (Å²) in [7, 11) is 1.71. The van der Waals surface area contributed by atoms with Crippen molar-refractivity contribution < 1.29 is 9.84 Å². The molecule has 3 heteroatoms. The number of hydrogen-bond donors (Lipinski definition) is 2. The van der Waals surface area contributed by atoms with E-state index in [-0.39, 0.29) is 5.60 Å². The van der Waals surface area contributed by atoms with Gasteiger partial charge >= 0.3 is 0 Å². The smallest absolute Gasteiger partial charge is 0.0746 e. The Balaban J connectivity index is 3.47. The maximum atomic E-state index is 9.43. The molecule has 0 radical (unpaired) electrons. The summed E-state index contributed by atoms with van der Waals surface area (Å²) < 4.78 is 5.24. The van der Waals surface area contributed by atoms with Gasteiger partial charge in [0.15, 0.2) is 0 Å². The SMILES string of the molecule is COC(C)(C)CNCCC(C)(C)O. The van der Waals surface area contributed by atoms with Gasteiger partial charge in [0.1, 0.15) is 0 Å². The van der Waals surface area contributed by atoms with E-state index < -0.39 is 5.60 Å². The molecule has 0 aromatic rings. The third kappa shape index (κ3) is 8.22. The highest BCUT2D eigenvalue weighted by Crippen LogP contribution is 2.07. The summed E-state index contributed by atoms with van der Waals surface area (Å²) in [5.41, 5.74) is -0.705. The maximum Gasteiger partial charge on any atom is 0.0746 e. The minimum atomic E-state index is -0.579.